The summed E-state index contributed by atoms with van der Waals surface area (Å²) in [5, 5.41) is 2.84. The number of rotatable bonds is 4. The smallest absolute Gasteiger partial charge is 0.255 e. The van der Waals surface area contributed by atoms with Gasteiger partial charge in [-0.25, -0.2) is 13.4 Å². The minimum atomic E-state index is -3.63. The molecule has 0 aliphatic carbocycles. The van der Waals surface area contributed by atoms with Crippen LogP contribution in [0.5, 0.6) is 0 Å². The maximum absolute atomic E-state index is 13.1. The van der Waals surface area contributed by atoms with Crippen LogP contribution in [0.15, 0.2) is 77.1 Å². The van der Waals surface area contributed by atoms with Gasteiger partial charge in [-0.2, -0.15) is 4.31 Å². The Kier molecular flexibility index (Phi) is 5.05. The third-order valence-corrected chi connectivity index (χ3v) is 8.11. The first kappa shape index (κ1) is 19.9. The third-order valence-electron chi connectivity index (χ3n) is 5.44. The van der Waals surface area contributed by atoms with E-state index in [9.17, 15) is 13.2 Å². The lowest BCUT2D eigenvalue weighted by atomic mass is 10.0. The van der Waals surface area contributed by atoms with Crippen molar-refractivity contribution in [2.24, 2.45) is 0 Å². The van der Waals surface area contributed by atoms with Crippen molar-refractivity contribution in [1.29, 1.82) is 0 Å². The Hall–Kier alpha value is -3.07. The number of anilines is 1. The Labute approximate surface area is 184 Å². The van der Waals surface area contributed by atoms with Crippen molar-refractivity contribution >= 4 is 43.2 Å². The number of nitrogens with one attached hydrogen (secondary N) is 1. The average Bonchev–Trinajstić information content (AvgIpc) is 3.27. The van der Waals surface area contributed by atoms with E-state index >= 15 is 0 Å². The van der Waals surface area contributed by atoms with E-state index in [-0.39, 0.29) is 10.8 Å². The van der Waals surface area contributed by atoms with Crippen LogP contribution in [-0.4, -0.2) is 30.2 Å². The highest BCUT2D eigenvalue weighted by Gasteiger charge is 2.28. The van der Waals surface area contributed by atoms with Crippen molar-refractivity contribution < 1.29 is 13.2 Å². The van der Waals surface area contributed by atoms with Crippen LogP contribution in [0, 0.1) is 0 Å². The number of sulfonamides is 1. The van der Waals surface area contributed by atoms with Crippen LogP contribution in [0.25, 0.3) is 10.2 Å². The summed E-state index contributed by atoms with van der Waals surface area (Å²) in [6.45, 7) is 0.806. The van der Waals surface area contributed by atoms with E-state index < -0.39 is 10.0 Å². The van der Waals surface area contributed by atoms with Gasteiger partial charge in [0.1, 0.15) is 0 Å². The number of fused-ring (bicyclic) bond motifs is 2. The highest BCUT2D eigenvalue weighted by atomic mass is 32.2. The van der Waals surface area contributed by atoms with E-state index in [0.717, 1.165) is 15.8 Å². The Morgan fingerprint density at radius 1 is 1.00 bits per heavy atom. The predicted octanol–water partition coefficient (Wildman–Crippen LogP) is 4.30. The number of aromatic nitrogens is 1. The van der Waals surface area contributed by atoms with Gasteiger partial charge in [0, 0.05) is 24.3 Å². The fourth-order valence-electron chi connectivity index (χ4n) is 3.74. The highest BCUT2D eigenvalue weighted by Crippen LogP contribution is 2.26. The van der Waals surface area contributed by atoms with Crippen molar-refractivity contribution in [2.45, 2.75) is 17.9 Å². The summed E-state index contributed by atoms with van der Waals surface area (Å²) in [6, 6.07) is 19.5. The summed E-state index contributed by atoms with van der Waals surface area (Å²) in [5.74, 6) is -0.301. The molecule has 0 saturated heterocycles. The van der Waals surface area contributed by atoms with E-state index in [1.165, 1.54) is 33.3 Å². The molecule has 3 aromatic carbocycles. The topological polar surface area (TPSA) is 79.4 Å². The molecule has 0 fully saturated rings. The lowest BCUT2D eigenvalue weighted by Gasteiger charge is -2.28. The van der Waals surface area contributed by atoms with Gasteiger partial charge in [0.05, 0.1) is 20.6 Å². The number of hydrogen-bond donors (Lipinski definition) is 1. The van der Waals surface area contributed by atoms with Crippen LogP contribution in [0.1, 0.15) is 21.5 Å². The van der Waals surface area contributed by atoms with Crippen molar-refractivity contribution in [1.82, 2.24) is 9.29 Å². The van der Waals surface area contributed by atoms with Gasteiger partial charge in [0.25, 0.3) is 5.91 Å². The molecule has 0 spiro atoms. The molecule has 1 aliphatic rings. The standard InChI is InChI=1S/C23H19N3O3S2/c27-23(25-19-7-10-22-21(13-19)24-15-30-22)17-5-8-20(9-6-17)31(28,29)26-12-11-16-3-1-2-4-18(16)14-26/h1-10,13,15H,11-12,14H2,(H,25,27). The van der Waals surface area contributed by atoms with Crippen molar-refractivity contribution in [2.75, 3.05) is 11.9 Å². The lowest BCUT2D eigenvalue weighted by molar-refractivity contribution is 0.102. The van der Waals surface area contributed by atoms with Gasteiger partial charge in [0.15, 0.2) is 0 Å². The molecule has 1 N–H and O–H groups in total. The van der Waals surface area contributed by atoms with E-state index in [4.69, 9.17) is 0 Å². The number of amides is 1. The molecule has 0 radical (unpaired) electrons. The molecular weight excluding hydrogens is 430 g/mol. The Balaban J connectivity index is 1.32. The van der Waals surface area contributed by atoms with Crippen LogP contribution < -0.4 is 5.32 Å². The molecule has 0 unspecified atom stereocenters. The Bertz CT molecular complexity index is 1380. The number of thiazole rings is 1. The third kappa shape index (κ3) is 3.85. The van der Waals surface area contributed by atoms with E-state index in [1.807, 2.05) is 42.5 Å². The molecule has 156 valence electrons. The van der Waals surface area contributed by atoms with Crippen LogP contribution in [0.3, 0.4) is 0 Å². The Morgan fingerprint density at radius 2 is 1.77 bits per heavy atom. The van der Waals surface area contributed by atoms with Gasteiger partial charge < -0.3 is 5.32 Å². The number of carbonyl (C=O) groups excluding carboxylic acids is 1. The molecule has 6 nitrogen and oxygen atoms in total. The molecule has 1 aliphatic heterocycles. The molecule has 0 saturated carbocycles. The Morgan fingerprint density at radius 3 is 2.58 bits per heavy atom. The zero-order chi connectivity index (χ0) is 21.4. The van der Waals surface area contributed by atoms with E-state index in [2.05, 4.69) is 10.3 Å². The fourth-order valence-corrected chi connectivity index (χ4v) is 5.82. The second-order valence-electron chi connectivity index (χ2n) is 7.37. The van der Waals surface area contributed by atoms with Gasteiger partial charge in [-0.1, -0.05) is 24.3 Å². The number of benzene rings is 3. The molecule has 31 heavy (non-hydrogen) atoms. The number of hydrogen-bond acceptors (Lipinski definition) is 5. The summed E-state index contributed by atoms with van der Waals surface area (Å²) in [4.78, 5) is 17.0. The van der Waals surface area contributed by atoms with Crippen LogP contribution in [0.2, 0.25) is 0 Å². The van der Waals surface area contributed by atoms with Gasteiger partial charge in [-0.05, 0) is 60.0 Å². The minimum absolute atomic E-state index is 0.187. The first-order valence-electron chi connectivity index (χ1n) is 9.82. The molecule has 5 rings (SSSR count). The zero-order valence-corrected chi connectivity index (χ0v) is 18.1. The first-order chi connectivity index (χ1) is 15.0. The molecule has 1 aromatic heterocycles. The molecule has 2 heterocycles. The van der Waals surface area contributed by atoms with E-state index in [1.54, 1.807) is 17.6 Å². The zero-order valence-electron chi connectivity index (χ0n) is 16.5. The maximum atomic E-state index is 13.1. The molecule has 1 amide bonds. The first-order valence-corrected chi connectivity index (χ1v) is 12.1. The quantitative estimate of drug-likeness (QED) is 0.504. The van der Waals surface area contributed by atoms with Crippen molar-refractivity contribution in [3.8, 4) is 0 Å². The number of carbonyl (C=O) groups is 1. The monoisotopic (exact) mass is 449 g/mol. The average molecular weight is 450 g/mol. The molecule has 0 atom stereocenters. The maximum Gasteiger partial charge on any atom is 0.255 e. The van der Waals surface area contributed by atoms with Crippen molar-refractivity contribution in [3.63, 3.8) is 0 Å². The van der Waals surface area contributed by atoms with Crippen LogP contribution in [0.4, 0.5) is 5.69 Å². The van der Waals surface area contributed by atoms with Crippen LogP contribution >= 0.6 is 11.3 Å². The van der Waals surface area contributed by atoms with Crippen LogP contribution in [-0.2, 0) is 23.0 Å². The SMILES string of the molecule is O=C(Nc1ccc2scnc2c1)c1ccc(S(=O)(=O)N2CCc3ccccc3C2)cc1. The second-order valence-corrected chi connectivity index (χ2v) is 10.2. The molecular formula is C23H19N3O3S2. The molecule has 0 bridgehead atoms. The molecule has 4 aromatic rings. The lowest BCUT2D eigenvalue weighted by Crippen LogP contribution is -2.35. The molecule has 8 heteroatoms. The summed E-state index contributed by atoms with van der Waals surface area (Å²) in [7, 11) is -3.63. The minimum Gasteiger partial charge on any atom is -0.322 e. The van der Waals surface area contributed by atoms with Crippen molar-refractivity contribution in [3.05, 3.63) is 88.9 Å². The highest BCUT2D eigenvalue weighted by molar-refractivity contribution is 7.89. The predicted molar refractivity (Wildman–Crippen MR) is 122 cm³/mol. The summed E-state index contributed by atoms with van der Waals surface area (Å²) >= 11 is 1.54. The van der Waals surface area contributed by atoms with Gasteiger partial charge in [-0.3, -0.25) is 4.79 Å². The second kappa shape index (κ2) is 7.88. The van der Waals surface area contributed by atoms with Gasteiger partial charge in [-0.15, -0.1) is 11.3 Å². The number of nitrogens with zero attached hydrogens (tertiary/aromatic N) is 2. The summed E-state index contributed by atoms with van der Waals surface area (Å²) < 4.78 is 28.7. The summed E-state index contributed by atoms with van der Waals surface area (Å²) in [6.07, 6.45) is 0.694. The normalized spacial score (nSPS) is 14.3. The van der Waals surface area contributed by atoms with E-state index in [0.29, 0.717) is 30.8 Å². The summed E-state index contributed by atoms with van der Waals surface area (Å²) in [5.41, 5.74) is 5.85. The van der Waals surface area contributed by atoms with Gasteiger partial charge in [0.2, 0.25) is 10.0 Å². The van der Waals surface area contributed by atoms with Gasteiger partial charge >= 0.3 is 0 Å². The largest absolute Gasteiger partial charge is 0.322 e. The fraction of sp³-hybridized carbons (Fsp3) is 0.130.